The quantitative estimate of drug-likeness (QED) is 0.357. The first kappa shape index (κ1) is 21.6. The number of thiophene rings is 1. The van der Waals surface area contributed by atoms with Gasteiger partial charge in [0.25, 0.3) is 0 Å². The van der Waals surface area contributed by atoms with Crippen LogP contribution in [0.15, 0.2) is 27.2 Å². The SMILES string of the molecule is CCc1nc(CNC(=NC)NC2CCN(Cc3ccsc3)CC2)cs1.I. The van der Waals surface area contributed by atoms with E-state index in [1.807, 2.05) is 7.05 Å². The summed E-state index contributed by atoms with van der Waals surface area (Å²) < 4.78 is 0. The maximum absolute atomic E-state index is 4.59. The molecule has 3 rings (SSSR count). The molecule has 5 nitrogen and oxygen atoms in total. The zero-order chi connectivity index (χ0) is 17.5. The monoisotopic (exact) mass is 505 g/mol. The minimum Gasteiger partial charge on any atom is -0.354 e. The van der Waals surface area contributed by atoms with Gasteiger partial charge in [0.1, 0.15) is 0 Å². The summed E-state index contributed by atoms with van der Waals surface area (Å²) in [4.78, 5) is 11.5. The van der Waals surface area contributed by atoms with Gasteiger partial charge in [0.2, 0.25) is 0 Å². The highest BCUT2D eigenvalue weighted by atomic mass is 127. The summed E-state index contributed by atoms with van der Waals surface area (Å²) in [6, 6.07) is 2.72. The van der Waals surface area contributed by atoms with Crippen molar-refractivity contribution in [3.8, 4) is 0 Å². The van der Waals surface area contributed by atoms with Gasteiger partial charge in [0.15, 0.2) is 5.96 Å². The van der Waals surface area contributed by atoms with Crippen LogP contribution in [0.2, 0.25) is 0 Å². The molecule has 0 spiro atoms. The lowest BCUT2D eigenvalue weighted by Gasteiger charge is -2.32. The summed E-state index contributed by atoms with van der Waals surface area (Å²) in [6.45, 7) is 6.22. The molecule has 0 aromatic carbocycles. The molecule has 1 aliphatic heterocycles. The highest BCUT2D eigenvalue weighted by Gasteiger charge is 2.20. The van der Waals surface area contributed by atoms with Crippen LogP contribution < -0.4 is 10.6 Å². The van der Waals surface area contributed by atoms with Crippen LogP contribution in [0.3, 0.4) is 0 Å². The van der Waals surface area contributed by atoms with Gasteiger partial charge >= 0.3 is 0 Å². The zero-order valence-corrected chi connectivity index (χ0v) is 19.4. The van der Waals surface area contributed by atoms with E-state index in [4.69, 9.17) is 0 Å². The Bertz CT molecular complexity index is 663. The number of nitrogens with zero attached hydrogens (tertiary/aromatic N) is 3. The predicted octanol–water partition coefficient (Wildman–Crippen LogP) is 3.71. The summed E-state index contributed by atoms with van der Waals surface area (Å²) in [5, 5.41) is 14.7. The lowest BCUT2D eigenvalue weighted by atomic mass is 10.0. The van der Waals surface area contributed by atoms with E-state index in [1.165, 1.54) is 10.6 Å². The molecule has 8 heteroatoms. The van der Waals surface area contributed by atoms with E-state index in [2.05, 4.69) is 54.6 Å². The Kier molecular flexibility index (Phi) is 9.30. The number of rotatable bonds is 6. The fourth-order valence-electron chi connectivity index (χ4n) is 3.03. The van der Waals surface area contributed by atoms with Gasteiger partial charge in [0, 0.05) is 38.1 Å². The topological polar surface area (TPSA) is 52.6 Å². The van der Waals surface area contributed by atoms with Crippen LogP contribution in [0.1, 0.15) is 36.0 Å². The van der Waals surface area contributed by atoms with Crippen molar-refractivity contribution >= 4 is 52.6 Å². The van der Waals surface area contributed by atoms with Crippen molar-refractivity contribution in [3.05, 3.63) is 38.5 Å². The molecule has 0 atom stereocenters. The number of likely N-dealkylation sites (tertiary alicyclic amines) is 1. The summed E-state index contributed by atoms with van der Waals surface area (Å²) in [5.74, 6) is 0.877. The van der Waals surface area contributed by atoms with Crippen LogP contribution in [0, 0.1) is 0 Å². The van der Waals surface area contributed by atoms with Crippen LogP contribution in [0.25, 0.3) is 0 Å². The van der Waals surface area contributed by atoms with Gasteiger partial charge in [-0.25, -0.2) is 4.98 Å². The molecule has 0 amide bonds. The molecular formula is C18H28IN5S2. The molecule has 0 saturated carbocycles. The Balaban J connectivity index is 0.00000243. The first-order chi connectivity index (χ1) is 12.3. The maximum atomic E-state index is 4.59. The minimum atomic E-state index is 0. The van der Waals surface area contributed by atoms with Crippen molar-refractivity contribution in [1.29, 1.82) is 0 Å². The van der Waals surface area contributed by atoms with Crippen molar-refractivity contribution in [2.45, 2.75) is 45.3 Å². The number of piperidine rings is 1. The largest absolute Gasteiger partial charge is 0.354 e. The van der Waals surface area contributed by atoms with Gasteiger partial charge in [0.05, 0.1) is 17.2 Å². The third kappa shape index (κ3) is 6.47. The summed E-state index contributed by atoms with van der Waals surface area (Å²) in [7, 11) is 1.83. The molecule has 0 bridgehead atoms. The zero-order valence-electron chi connectivity index (χ0n) is 15.4. The van der Waals surface area contributed by atoms with Gasteiger partial charge in [-0.2, -0.15) is 11.3 Å². The smallest absolute Gasteiger partial charge is 0.191 e. The third-order valence-electron chi connectivity index (χ3n) is 4.48. The van der Waals surface area contributed by atoms with Gasteiger partial charge in [-0.1, -0.05) is 6.92 Å². The lowest BCUT2D eigenvalue weighted by Crippen LogP contribution is -2.48. The summed E-state index contributed by atoms with van der Waals surface area (Å²) in [6.07, 6.45) is 3.31. The molecule has 1 aliphatic rings. The van der Waals surface area contributed by atoms with E-state index in [0.717, 1.165) is 57.1 Å². The molecule has 1 fully saturated rings. The minimum absolute atomic E-state index is 0. The number of hydrogen-bond donors (Lipinski definition) is 2. The lowest BCUT2D eigenvalue weighted by molar-refractivity contribution is 0.198. The van der Waals surface area contributed by atoms with E-state index < -0.39 is 0 Å². The van der Waals surface area contributed by atoms with Crippen molar-refractivity contribution in [2.75, 3.05) is 20.1 Å². The predicted molar refractivity (Wildman–Crippen MR) is 123 cm³/mol. The second kappa shape index (κ2) is 11.2. The molecule has 2 aromatic rings. The normalized spacial score (nSPS) is 16.3. The molecule has 0 unspecified atom stereocenters. The van der Waals surface area contributed by atoms with Crippen LogP contribution in [-0.2, 0) is 19.5 Å². The molecule has 0 radical (unpaired) electrons. The second-order valence-electron chi connectivity index (χ2n) is 6.34. The average Bonchev–Trinajstić information content (AvgIpc) is 3.31. The molecular weight excluding hydrogens is 477 g/mol. The molecule has 1 saturated heterocycles. The Labute approximate surface area is 181 Å². The Morgan fingerprint density at radius 3 is 2.77 bits per heavy atom. The Morgan fingerprint density at radius 2 is 2.15 bits per heavy atom. The van der Waals surface area contributed by atoms with Crippen LogP contribution in [-0.4, -0.2) is 42.0 Å². The van der Waals surface area contributed by atoms with Gasteiger partial charge in [-0.05, 0) is 41.7 Å². The first-order valence-corrected chi connectivity index (χ1v) is 10.7. The summed E-state index contributed by atoms with van der Waals surface area (Å²) >= 11 is 3.51. The highest BCUT2D eigenvalue weighted by Crippen LogP contribution is 2.15. The first-order valence-electron chi connectivity index (χ1n) is 8.90. The number of nitrogens with one attached hydrogen (secondary N) is 2. The number of aliphatic imine (C=N–C) groups is 1. The molecule has 2 N–H and O–H groups in total. The van der Waals surface area contributed by atoms with Crippen molar-refractivity contribution < 1.29 is 0 Å². The fraction of sp³-hybridized carbons (Fsp3) is 0.556. The fourth-order valence-corrected chi connectivity index (χ4v) is 4.44. The van der Waals surface area contributed by atoms with E-state index >= 15 is 0 Å². The number of thiazole rings is 1. The number of hydrogen-bond acceptors (Lipinski definition) is 5. The highest BCUT2D eigenvalue weighted by molar-refractivity contribution is 14.0. The van der Waals surface area contributed by atoms with Crippen molar-refractivity contribution in [3.63, 3.8) is 0 Å². The average molecular weight is 505 g/mol. The molecule has 0 aliphatic carbocycles. The second-order valence-corrected chi connectivity index (χ2v) is 8.06. The number of aromatic nitrogens is 1. The van der Waals surface area contributed by atoms with Crippen molar-refractivity contribution in [2.24, 2.45) is 4.99 Å². The Hall–Kier alpha value is -0.710. The molecule has 144 valence electrons. The van der Waals surface area contributed by atoms with E-state index in [-0.39, 0.29) is 24.0 Å². The van der Waals surface area contributed by atoms with Crippen LogP contribution >= 0.6 is 46.7 Å². The molecule has 2 aromatic heterocycles. The van der Waals surface area contributed by atoms with Crippen LogP contribution in [0.4, 0.5) is 0 Å². The third-order valence-corrected chi connectivity index (χ3v) is 6.25. The Morgan fingerprint density at radius 1 is 1.35 bits per heavy atom. The van der Waals surface area contributed by atoms with E-state index in [0.29, 0.717) is 6.04 Å². The van der Waals surface area contributed by atoms with E-state index in [9.17, 15) is 0 Å². The maximum Gasteiger partial charge on any atom is 0.191 e. The van der Waals surface area contributed by atoms with Gasteiger partial charge < -0.3 is 10.6 Å². The van der Waals surface area contributed by atoms with Crippen molar-refractivity contribution in [1.82, 2.24) is 20.5 Å². The number of aryl methyl sites for hydroxylation is 1. The summed E-state index contributed by atoms with van der Waals surface area (Å²) in [5.41, 5.74) is 2.53. The van der Waals surface area contributed by atoms with Gasteiger partial charge in [-0.15, -0.1) is 35.3 Å². The van der Waals surface area contributed by atoms with Gasteiger partial charge in [-0.3, -0.25) is 9.89 Å². The van der Waals surface area contributed by atoms with Crippen LogP contribution in [0.5, 0.6) is 0 Å². The number of guanidine groups is 1. The standard InChI is InChI=1S/C18H27N5S2.HI/c1-3-17-21-16(13-25-17)10-20-18(19-2)22-15-4-7-23(8-5-15)11-14-6-9-24-12-14;/h6,9,12-13,15H,3-5,7-8,10-11H2,1-2H3,(H2,19,20,22);1H. The molecule has 3 heterocycles. The number of halogens is 1. The molecule has 26 heavy (non-hydrogen) atoms. The van der Waals surface area contributed by atoms with E-state index in [1.54, 1.807) is 22.7 Å².